The van der Waals surface area contributed by atoms with Crippen LogP contribution in [0.4, 0.5) is 0 Å². The summed E-state index contributed by atoms with van der Waals surface area (Å²) in [5, 5.41) is 0.747. The highest BCUT2D eigenvalue weighted by molar-refractivity contribution is 7.99. The molecular weight excluding hydrogens is 164 g/mol. The van der Waals surface area contributed by atoms with Gasteiger partial charge in [-0.25, -0.2) is 0 Å². The minimum absolute atomic E-state index is 0.440. The second kappa shape index (κ2) is 4.04. The summed E-state index contributed by atoms with van der Waals surface area (Å²) in [5.41, 5.74) is 0.903. The van der Waals surface area contributed by atoms with E-state index >= 15 is 0 Å². The second-order valence-corrected chi connectivity index (χ2v) is 7.21. The van der Waals surface area contributed by atoms with Gasteiger partial charge in [-0.1, -0.05) is 48.5 Å². The van der Waals surface area contributed by atoms with E-state index in [4.69, 9.17) is 0 Å². The van der Waals surface area contributed by atoms with Crippen LogP contribution < -0.4 is 0 Å². The third kappa shape index (κ3) is 5.93. The van der Waals surface area contributed by atoms with Gasteiger partial charge in [0.1, 0.15) is 0 Å². The van der Waals surface area contributed by atoms with Crippen LogP contribution in [-0.4, -0.2) is 11.0 Å². The van der Waals surface area contributed by atoms with Crippen molar-refractivity contribution in [2.45, 2.75) is 53.7 Å². The van der Waals surface area contributed by atoms with Crippen LogP contribution in [0.15, 0.2) is 0 Å². The number of thioether (sulfide) groups is 1. The van der Waals surface area contributed by atoms with E-state index in [-0.39, 0.29) is 0 Å². The summed E-state index contributed by atoms with van der Waals surface area (Å²) in [6.07, 6.45) is 0. The molecular formula is C11H24S. The molecule has 0 aromatic carbocycles. The average Bonchev–Trinajstić information content (AvgIpc) is 1.78. The van der Waals surface area contributed by atoms with Crippen LogP contribution in [0.2, 0.25) is 0 Å². The molecule has 0 amide bonds. The van der Waals surface area contributed by atoms with Gasteiger partial charge in [-0.3, -0.25) is 0 Å². The summed E-state index contributed by atoms with van der Waals surface area (Å²) in [7, 11) is 0. The summed E-state index contributed by atoms with van der Waals surface area (Å²) in [5.74, 6) is 1.26. The summed E-state index contributed by atoms with van der Waals surface area (Å²) in [6.45, 7) is 16.2. The first-order valence-corrected chi connectivity index (χ1v) is 5.79. The third-order valence-electron chi connectivity index (χ3n) is 1.99. The summed E-state index contributed by atoms with van der Waals surface area (Å²) < 4.78 is 0. The van der Waals surface area contributed by atoms with Gasteiger partial charge in [-0.2, -0.15) is 11.8 Å². The molecule has 0 aromatic rings. The molecule has 12 heavy (non-hydrogen) atoms. The highest BCUT2D eigenvalue weighted by Gasteiger charge is 2.22. The van der Waals surface area contributed by atoms with Gasteiger partial charge in [0, 0.05) is 5.25 Å². The lowest BCUT2D eigenvalue weighted by atomic mass is 9.93. The van der Waals surface area contributed by atoms with Crippen molar-refractivity contribution in [2.75, 3.05) is 5.75 Å². The molecule has 0 bridgehead atoms. The molecule has 0 aliphatic rings. The van der Waals surface area contributed by atoms with Crippen LogP contribution in [0.3, 0.4) is 0 Å². The van der Waals surface area contributed by atoms with E-state index in [1.807, 2.05) is 0 Å². The maximum atomic E-state index is 2.33. The second-order valence-electron chi connectivity index (χ2n) is 5.88. The third-order valence-corrected chi connectivity index (χ3v) is 4.23. The quantitative estimate of drug-likeness (QED) is 0.626. The Bertz CT molecular complexity index is 125. The molecule has 0 saturated carbocycles. The molecule has 74 valence electrons. The Kier molecular flexibility index (Phi) is 4.16. The molecule has 0 saturated heterocycles. The Morgan fingerprint density at radius 2 is 1.42 bits per heavy atom. The zero-order valence-corrected chi connectivity index (χ0v) is 10.5. The average molecular weight is 188 g/mol. The maximum Gasteiger partial charge on any atom is 0.00674 e. The van der Waals surface area contributed by atoms with Gasteiger partial charge in [0.2, 0.25) is 0 Å². The smallest absolute Gasteiger partial charge is 0.00674 e. The van der Waals surface area contributed by atoms with Crippen LogP contribution >= 0.6 is 11.8 Å². The fourth-order valence-corrected chi connectivity index (χ4v) is 1.88. The zero-order valence-electron chi connectivity index (χ0n) is 9.69. The van der Waals surface area contributed by atoms with Gasteiger partial charge >= 0.3 is 0 Å². The molecule has 0 radical (unpaired) electrons. The fourth-order valence-electron chi connectivity index (χ4n) is 0.625. The van der Waals surface area contributed by atoms with Crippen molar-refractivity contribution in [1.29, 1.82) is 0 Å². The van der Waals surface area contributed by atoms with Crippen LogP contribution in [0, 0.1) is 10.8 Å². The van der Waals surface area contributed by atoms with E-state index in [1.165, 1.54) is 5.75 Å². The molecule has 0 nitrogen and oxygen atoms in total. The lowest BCUT2D eigenvalue weighted by Crippen LogP contribution is -2.22. The molecule has 0 rings (SSSR count). The molecule has 1 heteroatoms. The fraction of sp³-hybridized carbons (Fsp3) is 1.00. The molecule has 0 aliphatic carbocycles. The first kappa shape index (κ1) is 12.3. The van der Waals surface area contributed by atoms with Crippen molar-refractivity contribution in [1.82, 2.24) is 0 Å². The largest absolute Gasteiger partial charge is 0.158 e. The van der Waals surface area contributed by atoms with Crippen molar-refractivity contribution in [3.8, 4) is 0 Å². The van der Waals surface area contributed by atoms with E-state index in [0.29, 0.717) is 10.8 Å². The molecule has 0 heterocycles. The molecule has 0 fully saturated rings. The molecule has 0 aliphatic heterocycles. The lowest BCUT2D eigenvalue weighted by molar-refractivity contribution is 0.407. The number of rotatable bonds is 2. The van der Waals surface area contributed by atoms with E-state index in [1.54, 1.807) is 0 Å². The Hall–Kier alpha value is 0.350. The Labute approximate surface area is 82.5 Å². The van der Waals surface area contributed by atoms with Gasteiger partial charge in [0.25, 0.3) is 0 Å². The monoisotopic (exact) mass is 188 g/mol. The van der Waals surface area contributed by atoms with Crippen molar-refractivity contribution >= 4 is 11.8 Å². The molecule has 1 atom stereocenters. The van der Waals surface area contributed by atoms with Crippen LogP contribution in [0.25, 0.3) is 0 Å². The summed E-state index contributed by atoms with van der Waals surface area (Å²) >= 11 is 2.09. The maximum absolute atomic E-state index is 2.33. The number of hydrogen-bond donors (Lipinski definition) is 0. The number of hydrogen-bond acceptors (Lipinski definition) is 1. The molecule has 0 spiro atoms. The first-order chi connectivity index (χ1) is 5.13. The predicted octanol–water partition coefficient (Wildman–Crippen LogP) is 4.20. The molecule has 0 N–H and O–H groups in total. The van der Waals surface area contributed by atoms with Crippen LogP contribution in [0.5, 0.6) is 0 Å². The Morgan fingerprint density at radius 1 is 1.00 bits per heavy atom. The minimum Gasteiger partial charge on any atom is -0.158 e. The van der Waals surface area contributed by atoms with E-state index in [2.05, 4.69) is 60.2 Å². The topological polar surface area (TPSA) is 0 Å². The van der Waals surface area contributed by atoms with Gasteiger partial charge in [0.15, 0.2) is 0 Å². The van der Waals surface area contributed by atoms with Gasteiger partial charge < -0.3 is 0 Å². The summed E-state index contributed by atoms with van der Waals surface area (Å²) in [6, 6.07) is 0. The first-order valence-electron chi connectivity index (χ1n) is 4.74. The van der Waals surface area contributed by atoms with E-state index in [0.717, 1.165) is 5.25 Å². The zero-order chi connectivity index (χ0) is 9.99. The van der Waals surface area contributed by atoms with Crippen molar-refractivity contribution in [3.05, 3.63) is 0 Å². The van der Waals surface area contributed by atoms with Gasteiger partial charge in [-0.05, 0) is 16.6 Å². The van der Waals surface area contributed by atoms with Crippen molar-refractivity contribution in [2.24, 2.45) is 10.8 Å². The highest BCUT2D eigenvalue weighted by Crippen LogP contribution is 2.33. The van der Waals surface area contributed by atoms with Crippen molar-refractivity contribution in [3.63, 3.8) is 0 Å². The molecule has 0 aromatic heterocycles. The summed E-state index contributed by atoms with van der Waals surface area (Å²) in [4.78, 5) is 0. The standard InChI is InChI=1S/C11H24S/c1-9(11(5,6)7)12-8-10(2,3)4/h9H,8H2,1-7H3. The molecule has 1 unspecified atom stereocenters. The van der Waals surface area contributed by atoms with Crippen molar-refractivity contribution < 1.29 is 0 Å². The van der Waals surface area contributed by atoms with E-state index in [9.17, 15) is 0 Å². The Balaban J connectivity index is 3.80. The SMILES string of the molecule is CC(SCC(C)(C)C)C(C)(C)C. The Morgan fingerprint density at radius 3 is 1.67 bits per heavy atom. The van der Waals surface area contributed by atoms with Crippen LogP contribution in [-0.2, 0) is 0 Å². The predicted molar refractivity (Wildman–Crippen MR) is 60.8 cm³/mol. The minimum atomic E-state index is 0.440. The lowest BCUT2D eigenvalue weighted by Gasteiger charge is -2.29. The highest BCUT2D eigenvalue weighted by atomic mass is 32.2. The van der Waals surface area contributed by atoms with E-state index < -0.39 is 0 Å². The van der Waals surface area contributed by atoms with Gasteiger partial charge in [-0.15, -0.1) is 0 Å². The van der Waals surface area contributed by atoms with Gasteiger partial charge in [0.05, 0.1) is 0 Å². The van der Waals surface area contributed by atoms with Crippen LogP contribution in [0.1, 0.15) is 48.5 Å². The normalized spacial score (nSPS) is 16.2.